The number of carbonyl (C=O) groups is 1. The van der Waals surface area contributed by atoms with E-state index in [0.29, 0.717) is 12.1 Å². The zero-order valence-corrected chi connectivity index (χ0v) is 18.4. The molecule has 0 atom stereocenters. The van der Waals surface area contributed by atoms with Crippen molar-refractivity contribution < 1.29 is 9.18 Å². The van der Waals surface area contributed by atoms with Crippen molar-refractivity contribution in [1.82, 2.24) is 9.80 Å². The van der Waals surface area contributed by atoms with Gasteiger partial charge < -0.3 is 9.80 Å². The van der Waals surface area contributed by atoms with Gasteiger partial charge in [-0.3, -0.25) is 9.69 Å². The number of halogens is 1. The Morgan fingerprint density at radius 1 is 0.931 bits per heavy atom. The number of hydrogen-bond donors (Lipinski definition) is 0. The van der Waals surface area contributed by atoms with Gasteiger partial charge in [0.2, 0.25) is 0 Å². The Hall–Kier alpha value is -2.18. The molecule has 2 aliphatic heterocycles. The smallest absolute Gasteiger partial charge is 0.256 e. The number of piperazine rings is 1. The van der Waals surface area contributed by atoms with Crippen LogP contribution in [0.3, 0.4) is 0 Å². The van der Waals surface area contributed by atoms with E-state index in [2.05, 4.69) is 53.2 Å². The summed E-state index contributed by atoms with van der Waals surface area (Å²) < 4.78 is 14.4. The third-order valence-corrected chi connectivity index (χ3v) is 9.27. The van der Waals surface area contributed by atoms with Crippen molar-refractivity contribution in [3.63, 3.8) is 0 Å². The monoisotopic (exact) mass is 411 g/mol. The minimum atomic E-state index is -1.84. The molecule has 1 fully saturated rings. The number of benzene rings is 2. The molecule has 0 saturated carbocycles. The fourth-order valence-electron chi connectivity index (χ4n) is 4.63. The van der Waals surface area contributed by atoms with Crippen LogP contribution >= 0.6 is 0 Å². The number of fused-ring (bicyclic) bond motifs is 1. The molecule has 2 aromatic carbocycles. The highest BCUT2D eigenvalue weighted by Crippen LogP contribution is 2.21. The van der Waals surface area contributed by atoms with E-state index < -0.39 is 8.07 Å². The van der Waals surface area contributed by atoms with Gasteiger partial charge in [0.05, 0.1) is 5.56 Å². The SMILES string of the molecule is C[Si]1(C)CN(CCCN2CCN(c3ccccc3)CC2)C(=O)c2c(F)cccc21. The summed E-state index contributed by atoms with van der Waals surface area (Å²) >= 11 is 0. The molecule has 1 saturated heterocycles. The highest BCUT2D eigenvalue weighted by Gasteiger charge is 2.39. The Morgan fingerprint density at radius 2 is 1.66 bits per heavy atom. The Morgan fingerprint density at radius 3 is 2.38 bits per heavy atom. The Balaban J connectivity index is 1.30. The molecule has 1 amide bonds. The average Bonchev–Trinajstić information content (AvgIpc) is 2.73. The van der Waals surface area contributed by atoms with Gasteiger partial charge in [-0.05, 0) is 36.4 Å². The number of rotatable bonds is 5. The second kappa shape index (κ2) is 8.28. The molecule has 6 heteroatoms. The fraction of sp³-hybridized carbons (Fsp3) is 0.435. The van der Waals surface area contributed by atoms with E-state index in [1.165, 1.54) is 11.8 Å². The van der Waals surface area contributed by atoms with Crippen molar-refractivity contribution in [2.75, 3.05) is 50.3 Å². The number of para-hydroxylation sites is 1. The lowest BCUT2D eigenvalue weighted by Crippen LogP contribution is -2.61. The van der Waals surface area contributed by atoms with Crippen molar-refractivity contribution in [3.8, 4) is 0 Å². The average molecular weight is 412 g/mol. The molecule has 0 N–H and O–H groups in total. The zero-order chi connectivity index (χ0) is 20.4. The van der Waals surface area contributed by atoms with Crippen molar-refractivity contribution >= 4 is 24.9 Å². The van der Waals surface area contributed by atoms with E-state index in [4.69, 9.17) is 0 Å². The van der Waals surface area contributed by atoms with Gasteiger partial charge in [0.25, 0.3) is 5.91 Å². The van der Waals surface area contributed by atoms with Gasteiger partial charge in [0, 0.05) is 44.6 Å². The molecule has 4 nitrogen and oxygen atoms in total. The van der Waals surface area contributed by atoms with Crippen LogP contribution in [0.5, 0.6) is 0 Å². The zero-order valence-electron chi connectivity index (χ0n) is 17.4. The number of amides is 1. The Kier molecular flexibility index (Phi) is 5.74. The van der Waals surface area contributed by atoms with Gasteiger partial charge >= 0.3 is 0 Å². The third-order valence-electron chi connectivity index (χ3n) is 6.23. The van der Waals surface area contributed by atoms with E-state index >= 15 is 0 Å². The first-order valence-corrected chi connectivity index (χ1v) is 13.8. The molecule has 0 aliphatic carbocycles. The van der Waals surface area contributed by atoms with Crippen molar-refractivity contribution in [2.24, 2.45) is 0 Å². The number of anilines is 1. The standard InChI is InChI=1S/C23H30FN3OSi/c1-29(2)18-27(23(28)22-20(24)10-6-11-21(22)29)13-7-12-25-14-16-26(17-15-25)19-8-4-3-5-9-19/h3-6,8-11H,7,12-18H2,1-2H3. The summed E-state index contributed by atoms with van der Waals surface area (Å²) in [5, 5.41) is 0.968. The van der Waals surface area contributed by atoms with Gasteiger partial charge in [-0.25, -0.2) is 4.39 Å². The number of carbonyl (C=O) groups excluding carboxylic acids is 1. The lowest BCUT2D eigenvalue weighted by Gasteiger charge is -2.39. The van der Waals surface area contributed by atoms with E-state index in [0.717, 1.165) is 50.5 Å². The summed E-state index contributed by atoms with van der Waals surface area (Å²) in [7, 11) is -1.84. The van der Waals surface area contributed by atoms with Crippen molar-refractivity contribution in [2.45, 2.75) is 19.5 Å². The van der Waals surface area contributed by atoms with E-state index in [1.54, 1.807) is 6.07 Å². The van der Waals surface area contributed by atoms with Crippen LogP contribution in [-0.2, 0) is 0 Å². The van der Waals surface area contributed by atoms with Crippen LogP contribution in [0.1, 0.15) is 16.8 Å². The summed E-state index contributed by atoms with van der Waals surface area (Å²) in [6.07, 6.45) is 1.72. The summed E-state index contributed by atoms with van der Waals surface area (Å²) in [4.78, 5) is 19.7. The molecule has 4 rings (SSSR count). The van der Waals surface area contributed by atoms with E-state index in [9.17, 15) is 9.18 Å². The molecule has 0 aromatic heterocycles. The summed E-state index contributed by atoms with van der Waals surface area (Å²) in [5.41, 5.74) is 1.62. The van der Waals surface area contributed by atoms with Gasteiger partial charge in [0.15, 0.2) is 0 Å². The quantitative estimate of drug-likeness (QED) is 0.708. The van der Waals surface area contributed by atoms with Gasteiger partial charge in [0.1, 0.15) is 13.9 Å². The minimum Gasteiger partial charge on any atom is -0.369 e. The maximum Gasteiger partial charge on any atom is 0.256 e. The van der Waals surface area contributed by atoms with E-state index in [-0.39, 0.29) is 11.7 Å². The Labute approximate surface area is 173 Å². The first-order valence-electron chi connectivity index (χ1n) is 10.6. The van der Waals surface area contributed by atoms with Crippen molar-refractivity contribution in [3.05, 3.63) is 59.9 Å². The fourth-order valence-corrected chi connectivity index (χ4v) is 7.51. The van der Waals surface area contributed by atoms with Crippen LogP contribution in [0, 0.1) is 5.82 Å². The second-order valence-corrected chi connectivity index (χ2v) is 13.4. The molecule has 154 valence electrons. The number of nitrogens with zero attached hydrogens (tertiary/aromatic N) is 3. The molecule has 0 spiro atoms. The van der Waals surface area contributed by atoms with Gasteiger partial charge in [-0.15, -0.1) is 0 Å². The van der Waals surface area contributed by atoms with Crippen LogP contribution in [0.15, 0.2) is 48.5 Å². The molecule has 2 heterocycles. The lowest BCUT2D eigenvalue weighted by atomic mass is 10.1. The van der Waals surface area contributed by atoms with Gasteiger partial charge in [-0.1, -0.05) is 43.4 Å². The molecule has 2 aromatic rings. The first kappa shape index (κ1) is 20.1. The summed E-state index contributed by atoms with van der Waals surface area (Å²) in [6, 6.07) is 15.7. The van der Waals surface area contributed by atoms with Crippen molar-refractivity contribution in [1.29, 1.82) is 0 Å². The predicted octanol–water partition coefficient (Wildman–Crippen LogP) is 2.95. The minimum absolute atomic E-state index is 0.126. The van der Waals surface area contributed by atoms with Crippen LogP contribution in [-0.4, -0.2) is 69.2 Å². The van der Waals surface area contributed by atoms with Crippen LogP contribution in [0.25, 0.3) is 0 Å². The third kappa shape index (κ3) is 4.23. The summed E-state index contributed by atoms with van der Waals surface area (Å²) in [5.74, 6) is -0.492. The highest BCUT2D eigenvalue weighted by molar-refractivity contribution is 6.91. The molecule has 0 bridgehead atoms. The second-order valence-electron chi connectivity index (χ2n) is 8.79. The highest BCUT2D eigenvalue weighted by atomic mass is 28.3. The van der Waals surface area contributed by atoms with Crippen LogP contribution in [0.2, 0.25) is 13.1 Å². The number of hydrogen-bond acceptors (Lipinski definition) is 3. The van der Waals surface area contributed by atoms with E-state index in [1.807, 2.05) is 11.0 Å². The molecular weight excluding hydrogens is 381 g/mol. The summed E-state index contributed by atoms with van der Waals surface area (Å²) in [6.45, 7) is 10.3. The molecule has 29 heavy (non-hydrogen) atoms. The maximum atomic E-state index is 14.4. The molecular formula is C23H30FN3OSi. The maximum absolute atomic E-state index is 14.4. The first-order chi connectivity index (χ1) is 14.0. The normalized spacial score (nSPS) is 19.3. The molecule has 0 unspecified atom stereocenters. The predicted molar refractivity (Wildman–Crippen MR) is 119 cm³/mol. The van der Waals surface area contributed by atoms with Gasteiger partial charge in [-0.2, -0.15) is 0 Å². The molecule has 0 radical (unpaired) electrons. The largest absolute Gasteiger partial charge is 0.369 e. The topological polar surface area (TPSA) is 26.8 Å². The van der Waals surface area contributed by atoms with Crippen LogP contribution < -0.4 is 10.1 Å². The van der Waals surface area contributed by atoms with Crippen LogP contribution in [0.4, 0.5) is 10.1 Å². The molecule has 2 aliphatic rings. The lowest BCUT2D eigenvalue weighted by molar-refractivity contribution is 0.0764. The Bertz CT molecular complexity index is 866.